The van der Waals surface area contributed by atoms with Gasteiger partial charge in [-0.2, -0.15) is 0 Å². The molecule has 2 fully saturated rings. The fourth-order valence-electron chi connectivity index (χ4n) is 2.45. The third kappa shape index (κ3) is 2.69. The first-order chi connectivity index (χ1) is 7.27. The van der Waals surface area contributed by atoms with Gasteiger partial charge in [0, 0.05) is 19.2 Å². The predicted molar refractivity (Wildman–Crippen MR) is 57.3 cm³/mol. The highest BCUT2D eigenvalue weighted by molar-refractivity contribution is 5.80. The second kappa shape index (κ2) is 4.94. The Bertz CT molecular complexity index is 227. The zero-order valence-corrected chi connectivity index (χ0v) is 9.08. The van der Waals surface area contributed by atoms with Crippen LogP contribution in [0.3, 0.4) is 0 Å². The fourth-order valence-corrected chi connectivity index (χ4v) is 2.45. The number of hydrogen-bond donors (Lipinski definition) is 2. The van der Waals surface area contributed by atoms with E-state index in [1.165, 1.54) is 6.42 Å². The maximum atomic E-state index is 11.6. The lowest BCUT2D eigenvalue weighted by atomic mass is 10.0. The molecule has 1 heterocycles. The van der Waals surface area contributed by atoms with Crippen molar-refractivity contribution in [1.29, 1.82) is 0 Å². The highest BCUT2D eigenvalue weighted by Gasteiger charge is 2.27. The van der Waals surface area contributed by atoms with Gasteiger partial charge >= 0.3 is 0 Å². The van der Waals surface area contributed by atoms with E-state index in [0.717, 1.165) is 38.8 Å². The zero-order chi connectivity index (χ0) is 10.7. The van der Waals surface area contributed by atoms with Crippen LogP contribution >= 0.6 is 0 Å². The largest absolute Gasteiger partial charge is 0.368 e. The molecule has 0 aromatic heterocycles. The lowest BCUT2D eigenvalue weighted by Gasteiger charge is -2.17. The van der Waals surface area contributed by atoms with Crippen molar-refractivity contribution in [2.75, 3.05) is 13.2 Å². The van der Waals surface area contributed by atoms with Crippen LogP contribution in [0.15, 0.2) is 0 Å². The van der Waals surface area contributed by atoms with Gasteiger partial charge in [-0.15, -0.1) is 0 Å². The molecule has 86 valence electrons. The van der Waals surface area contributed by atoms with E-state index in [1.807, 2.05) is 0 Å². The van der Waals surface area contributed by atoms with Crippen LogP contribution in [0.4, 0.5) is 0 Å². The summed E-state index contributed by atoms with van der Waals surface area (Å²) in [5, 5.41) is 2.95. The second-order valence-corrected chi connectivity index (χ2v) is 4.60. The van der Waals surface area contributed by atoms with Crippen LogP contribution in [-0.2, 0) is 9.53 Å². The van der Waals surface area contributed by atoms with Crippen LogP contribution in [0.1, 0.15) is 32.1 Å². The molecule has 1 aliphatic carbocycles. The van der Waals surface area contributed by atoms with E-state index < -0.39 is 0 Å². The van der Waals surface area contributed by atoms with E-state index in [4.69, 9.17) is 10.5 Å². The van der Waals surface area contributed by atoms with E-state index >= 15 is 0 Å². The molecule has 0 radical (unpaired) electrons. The molecule has 15 heavy (non-hydrogen) atoms. The van der Waals surface area contributed by atoms with E-state index in [2.05, 4.69) is 5.32 Å². The maximum Gasteiger partial charge on any atom is 0.249 e. The van der Waals surface area contributed by atoms with Gasteiger partial charge in [0.1, 0.15) is 6.10 Å². The minimum absolute atomic E-state index is 0.0478. The number of hydrogen-bond acceptors (Lipinski definition) is 3. The summed E-state index contributed by atoms with van der Waals surface area (Å²) in [5.74, 6) is 0.516. The molecule has 4 heteroatoms. The standard InChI is InChI=1S/C11H20N2O2/c12-9-4-1-3-8(9)7-13-11(14)10-5-2-6-15-10/h8-10H,1-7,12H2,(H,13,14). The van der Waals surface area contributed by atoms with Gasteiger partial charge < -0.3 is 15.8 Å². The van der Waals surface area contributed by atoms with E-state index in [-0.39, 0.29) is 18.1 Å². The molecule has 1 aliphatic heterocycles. The molecule has 2 rings (SSSR count). The quantitative estimate of drug-likeness (QED) is 0.712. The summed E-state index contributed by atoms with van der Waals surface area (Å²) >= 11 is 0. The Kier molecular flexibility index (Phi) is 3.59. The summed E-state index contributed by atoms with van der Waals surface area (Å²) in [4.78, 5) is 11.6. The van der Waals surface area contributed by atoms with Crippen LogP contribution in [0.5, 0.6) is 0 Å². The van der Waals surface area contributed by atoms with E-state index in [1.54, 1.807) is 0 Å². The van der Waals surface area contributed by atoms with Crippen LogP contribution in [0, 0.1) is 5.92 Å². The lowest BCUT2D eigenvalue weighted by Crippen LogP contribution is -2.40. The Morgan fingerprint density at radius 3 is 2.80 bits per heavy atom. The van der Waals surface area contributed by atoms with Gasteiger partial charge in [-0.1, -0.05) is 6.42 Å². The molecular formula is C11H20N2O2. The molecule has 3 unspecified atom stereocenters. The average molecular weight is 212 g/mol. The van der Waals surface area contributed by atoms with Gasteiger partial charge in [0.2, 0.25) is 5.91 Å². The van der Waals surface area contributed by atoms with Gasteiger partial charge in [-0.05, 0) is 31.6 Å². The first-order valence-corrected chi connectivity index (χ1v) is 5.92. The lowest BCUT2D eigenvalue weighted by molar-refractivity contribution is -0.130. The van der Waals surface area contributed by atoms with Crippen molar-refractivity contribution in [3.8, 4) is 0 Å². The summed E-state index contributed by atoms with van der Waals surface area (Å²) in [6.45, 7) is 1.45. The van der Waals surface area contributed by atoms with E-state index in [9.17, 15) is 4.79 Å². The van der Waals surface area contributed by atoms with Gasteiger partial charge in [0.25, 0.3) is 0 Å². The van der Waals surface area contributed by atoms with Gasteiger partial charge in [0.05, 0.1) is 0 Å². The Labute approximate surface area is 90.5 Å². The number of nitrogens with one attached hydrogen (secondary N) is 1. The smallest absolute Gasteiger partial charge is 0.249 e. The van der Waals surface area contributed by atoms with Crippen molar-refractivity contribution in [2.45, 2.75) is 44.2 Å². The molecule has 0 spiro atoms. The number of carbonyl (C=O) groups excluding carboxylic acids is 1. The summed E-state index contributed by atoms with van der Waals surface area (Å²) in [6.07, 6.45) is 5.10. The maximum absolute atomic E-state index is 11.6. The normalized spacial score (nSPS) is 35.7. The Hall–Kier alpha value is -0.610. The van der Waals surface area contributed by atoms with Crippen molar-refractivity contribution in [3.63, 3.8) is 0 Å². The molecule has 1 saturated heterocycles. The molecule has 2 aliphatic rings. The molecule has 0 aromatic carbocycles. The summed E-state index contributed by atoms with van der Waals surface area (Å²) in [6, 6.07) is 0.273. The minimum atomic E-state index is -0.206. The third-order valence-corrected chi connectivity index (χ3v) is 3.48. The van der Waals surface area contributed by atoms with Crippen molar-refractivity contribution in [2.24, 2.45) is 11.7 Å². The fraction of sp³-hybridized carbons (Fsp3) is 0.909. The molecule has 4 nitrogen and oxygen atoms in total. The van der Waals surface area contributed by atoms with Gasteiger partial charge in [-0.3, -0.25) is 4.79 Å². The predicted octanol–water partition coefficient (Wildman–Crippen LogP) is 0.409. The first kappa shape index (κ1) is 10.9. The monoisotopic (exact) mass is 212 g/mol. The van der Waals surface area contributed by atoms with Crippen molar-refractivity contribution < 1.29 is 9.53 Å². The summed E-state index contributed by atoms with van der Waals surface area (Å²) in [5.41, 5.74) is 5.94. The van der Waals surface area contributed by atoms with Crippen LogP contribution in [0.2, 0.25) is 0 Å². The van der Waals surface area contributed by atoms with Crippen molar-refractivity contribution >= 4 is 5.91 Å². The Balaban J connectivity index is 1.70. The average Bonchev–Trinajstić information content (AvgIpc) is 2.85. The number of rotatable bonds is 3. The second-order valence-electron chi connectivity index (χ2n) is 4.60. The van der Waals surface area contributed by atoms with Crippen LogP contribution < -0.4 is 11.1 Å². The molecular weight excluding hydrogens is 192 g/mol. The van der Waals surface area contributed by atoms with Gasteiger partial charge in [-0.25, -0.2) is 0 Å². The minimum Gasteiger partial charge on any atom is -0.368 e. The Morgan fingerprint density at radius 1 is 1.33 bits per heavy atom. The van der Waals surface area contributed by atoms with Crippen molar-refractivity contribution in [1.82, 2.24) is 5.32 Å². The number of nitrogens with two attached hydrogens (primary N) is 1. The highest BCUT2D eigenvalue weighted by Crippen LogP contribution is 2.23. The molecule has 0 bridgehead atoms. The van der Waals surface area contributed by atoms with Gasteiger partial charge in [0.15, 0.2) is 0 Å². The SMILES string of the molecule is NC1CCCC1CNC(=O)C1CCCO1. The Morgan fingerprint density at radius 2 is 2.20 bits per heavy atom. The van der Waals surface area contributed by atoms with Crippen molar-refractivity contribution in [3.05, 3.63) is 0 Å². The molecule has 3 atom stereocenters. The highest BCUT2D eigenvalue weighted by atomic mass is 16.5. The number of ether oxygens (including phenoxy) is 1. The molecule has 0 aromatic rings. The van der Waals surface area contributed by atoms with Crippen LogP contribution in [-0.4, -0.2) is 31.2 Å². The third-order valence-electron chi connectivity index (χ3n) is 3.48. The molecule has 1 amide bonds. The summed E-state index contributed by atoms with van der Waals surface area (Å²) < 4.78 is 5.31. The first-order valence-electron chi connectivity index (χ1n) is 5.92. The van der Waals surface area contributed by atoms with E-state index in [0.29, 0.717) is 5.92 Å². The molecule has 3 N–H and O–H groups in total. The number of amides is 1. The topological polar surface area (TPSA) is 64.3 Å². The molecule has 1 saturated carbocycles. The number of carbonyl (C=O) groups is 1. The van der Waals surface area contributed by atoms with Crippen LogP contribution in [0.25, 0.3) is 0 Å². The summed E-state index contributed by atoms with van der Waals surface area (Å²) in [7, 11) is 0. The zero-order valence-electron chi connectivity index (χ0n) is 9.08.